The summed E-state index contributed by atoms with van der Waals surface area (Å²) in [5, 5.41) is 8.67. The minimum atomic E-state index is -1.26. The molecule has 6 nitrogen and oxygen atoms in total. The van der Waals surface area contributed by atoms with Crippen LogP contribution in [0.1, 0.15) is 20.8 Å². The molecule has 1 heterocycles. The molecule has 100 valence electrons. The van der Waals surface area contributed by atoms with E-state index in [1.165, 1.54) is 0 Å². The van der Waals surface area contributed by atoms with Crippen LogP contribution < -0.4 is 0 Å². The van der Waals surface area contributed by atoms with Gasteiger partial charge in [-0.2, -0.15) is 0 Å². The zero-order valence-electron chi connectivity index (χ0n) is 10.3. The van der Waals surface area contributed by atoms with Gasteiger partial charge in [0.05, 0.1) is 18.1 Å². The number of epoxide rings is 1. The van der Waals surface area contributed by atoms with Gasteiger partial charge in [-0.05, 0) is 20.8 Å². The molecule has 1 N–H and O–H groups in total. The van der Waals surface area contributed by atoms with Gasteiger partial charge in [-0.15, -0.1) is 0 Å². The quantitative estimate of drug-likeness (QED) is 0.323. The van der Waals surface area contributed by atoms with E-state index >= 15 is 0 Å². The molecule has 0 aromatic carbocycles. The summed E-state index contributed by atoms with van der Waals surface area (Å²) in [6, 6.07) is 0. The largest absolute Gasteiger partial charge is 0.438 e. The van der Waals surface area contributed by atoms with Crippen LogP contribution in [0.2, 0.25) is 0 Å². The molecule has 1 aliphatic heterocycles. The summed E-state index contributed by atoms with van der Waals surface area (Å²) in [5.74, 6) is -0.334. The maximum Gasteiger partial charge on any atom is 0.313 e. The molecule has 0 saturated carbocycles. The van der Waals surface area contributed by atoms with Gasteiger partial charge >= 0.3 is 5.97 Å². The van der Waals surface area contributed by atoms with E-state index in [4.69, 9.17) is 23.6 Å². The SMILES string of the molecule is CC(C)(C)C(=O)OCOP(CC1CO1)OCO. The first-order chi connectivity index (χ1) is 7.93. The van der Waals surface area contributed by atoms with E-state index in [1.54, 1.807) is 20.8 Å². The molecule has 2 atom stereocenters. The first-order valence-corrected chi connectivity index (χ1v) is 6.73. The van der Waals surface area contributed by atoms with Crippen LogP contribution >= 0.6 is 8.38 Å². The molecule has 1 saturated heterocycles. The van der Waals surface area contributed by atoms with Crippen molar-refractivity contribution in [3.8, 4) is 0 Å². The molecule has 1 aliphatic rings. The number of hydrogen-bond donors (Lipinski definition) is 1. The smallest absolute Gasteiger partial charge is 0.313 e. The lowest BCUT2D eigenvalue weighted by molar-refractivity contribution is -0.159. The van der Waals surface area contributed by atoms with Gasteiger partial charge in [0.2, 0.25) is 0 Å². The Labute approximate surface area is 102 Å². The zero-order valence-corrected chi connectivity index (χ0v) is 11.2. The van der Waals surface area contributed by atoms with Crippen molar-refractivity contribution in [3.05, 3.63) is 0 Å². The molecule has 1 rings (SSSR count). The minimum absolute atomic E-state index is 0.144. The molecule has 7 heteroatoms. The molecule has 0 bridgehead atoms. The van der Waals surface area contributed by atoms with Crippen LogP contribution in [0.25, 0.3) is 0 Å². The van der Waals surface area contributed by atoms with Crippen LogP contribution in [0.15, 0.2) is 0 Å². The van der Waals surface area contributed by atoms with Crippen molar-refractivity contribution in [2.75, 3.05) is 26.4 Å². The van der Waals surface area contributed by atoms with Crippen molar-refractivity contribution >= 4 is 14.3 Å². The maximum atomic E-state index is 11.4. The van der Waals surface area contributed by atoms with Gasteiger partial charge in [0.25, 0.3) is 0 Å². The lowest BCUT2D eigenvalue weighted by atomic mass is 9.98. The Kier molecular flexibility index (Phi) is 5.76. The van der Waals surface area contributed by atoms with Crippen molar-refractivity contribution in [1.29, 1.82) is 0 Å². The normalized spacial score (nSPS) is 21.1. The minimum Gasteiger partial charge on any atom is -0.438 e. The molecular weight excluding hydrogens is 247 g/mol. The van der Waals surface area contributed by atoms with Crippen LogP contribution in [-0.4, -0.2) is 43.5 Å². The van der Waals surface area contributed by atoms with Crippen LogP contribution in [0.4, 0.5) is 0 Å². The topological polar surface area (TPSA) is 77.5 Å². The Morgan fingerprint density at radius 3 is 2.59 bits per heavy atom. The highest BCUT2D eigenvalue weighted by Crippen LogP contribution is 2.41. The summed E-state index contributed by atoms with van der Waals surface area (Å²) >= 11 is 0. The van der Waals surface area contributed by atoms with E-state index < -0.39 is 20.6 Å². The zero-order chi connectivity index (χ0) is 12.9. The summed E-state index contributed by atoms with van der Waals surface area (Å²) in [6.07, 6.45) is 0.731. The number of hydrogen-bond acceptors (Lipinski definition) is 6. The molecular formula is C10H19O6P. The Bertz CT molecular complexity index is 248. The highest BCUT2D eigenvalue weighted by Gasteiger charge is 2.29. The fourth-order valence-corrected chi connectivity index (χ4v) is 2.03. The Morgan fingerprint density at radius 1 is 1.47 bits per heavy atom. The van der Waals surface area contributed by atoms with Crippen LogP contribution in [0, 0.1) is 5.41 Å². The predicted octanol–water partition coefficient (Wildman–Crippen LogP) is 1.23. The third-order valence-electron chi connectivity index (χ3n) is 1.96. The average molecular weight is 266 g/mol. The second kappa shape index (κ2) is 6.61. The van der Waals surface area contributed by atoms with E-state index in [-0.39, 0.29) is 18.9 Å². The van der Waals surface area contributed by atoms with Crippen molar-refractivity contribution < 1.29 is 28.4 Å². The summed E-state index contributed by atoms with van der Waals surface area (Å²) in [4.78, 5) is 11.4. The second-order valence-corrected chi connectivity index (χ2v) is 6.20. The molecule has 0 aromatic rings. The maximum absolute atomic E-state index is 11.4. The van der Waals surface area contributed by atoms with Gasteiger partial charge in [0, 0.05) is 6.16 Å². The van der Waals surface area contributed by atoms with Crippen LogP contribution in [0.3, 0.4) is 0 Å². The Morgan fingerprint density at radius 2 is 2.12 bits per heavy atom. The summed E-state index contributed by atoms with van der Waals surface area (Å²) in [5.41, 5.74) is -0.552. The lowest BCUT2D eigenvalue weighted by Crippen LogP contribution is -2.23. The number of carbonyl (C=O) groups is 1. The van der Waals surface area contributed by atoms with Gasteiger partial charge in [0.1, 0.15) is 6.79 Å². The Hall–Kier alpha value is -0.260. The number of aliphatic hydroxyl groups is 1. The predicted molar refractivity (Wildman–Crippen MR) is 61.2 cm³/mol. The van der Waals surface area contributed by atoms with Crippen molar-refractivity contribution in [2.24, 2.45) is 5.41 Å². The molecule has 1 fully saturated rings. The second-order valence-electron chi connectivity index (χ2n) is 4.66. The van der Waals surface area contributed by atoms with Crippen molar-refractivity contribution in [2.45, 2.75) is 26.9 Å². The molecule has 0 aliphatic carbocycles. The van der Waals surface area contributed by atoms with Crippen LogP contribution in [-0.2, 0) is 23.3 Å². The van der Waals surface area contributed by atoms with E-state index in [1.807, 2.05) is 0 Å². The van der Waals surface area contributed by atoms with E-state index in [0.717, 1.165) is 0 Å². The standard InChI is InChI=1S/C10H19O6P/c1-10(2,3)9(12)14-7-16-17(15-6-11)5-8-4-13-8/h8,11H,4-7H2,1-3H3. The first kappa shape index (κ1) is 14.8. The Balaban J connectivity index is 2.19. The molecule has 2 unspecified atom stereocenters. The fraction of sp³-hybridized carbons (Fsp3) is 0.900. The van der Waals surface area contributed by atoms with Gasteiger partial charge in [0.15, 0.2) is 15.2 Å². The highest BCUT2D eigenvalue weighted by molar-refractivity contribution is 7.47. The van der Waals surface area contributed by atoms with E-state index in [0.29, 0.717) is 12.8 Å². The summed E-state index contributed by atoms with van der Waals surface area (Å²) in [7, 11) is -1.26. The average Bonchev–Trinajstić information content (AvgIpc) is 3.00. The van der Waals surface area contributed by atoms with Crippen LogP contribution in [0.5, 0.6) is 0 Å². The number of rotatable bonds is 7. The summed E-state index contributed by atoms with van der Waals surface area (Å²) in [6.45, 7) is 5.42. The van der Waals surface area contributed by atoms with Gasteiger partial charge in [-0.25, -0.2) is 0 Å². The van der Waals surface area contributed by atoms with E-state index in [9.17, 15) is 4.79 Å². The van der Waals surface area contributed by atoms with Crippen molar-refractivity contribution in [1.82, 2.24) is 0 Å². The van der Waals surface area contributed by atoms with Gasteiger partial charge in [-0.3, -0.25) is 9.32 Å². The number of carbonyl (C=O) groups excluding carboxylic acids is 1. The fourth-order valence-electron chi connectivity index (χ4n) is 0.902. The molecule has 17 heavy (non-hydrogen) atoms. The number of aliphatic hydroxyl groups excluding tert-OH is 1. The number of ether oxygens (including phenoxy) is 2. The van der Waals surface area contributed by atoms with Gasteiger partial charge < -0.3 is 19.1 Å². The third-order valence-corrected chi connectivity index (χ3v) is 3.46. The molecule has 0 spiro atoms. The molecule has 0 aromatic heterocycles. The van der Waals surface area contributed by atoms with E-state index in [2.05, 4.69) is 0 Å². The highest BCUT2D eigenvalue weighted by atomic mass is 31.2. The van der Waals surface area contributed by atoms with Gasteiger partial charge in [-0.1, -0.05) is 0 Å². The lowest BCUT2D eigenvalue weighted by Gasteiger charge is -2.19. The third kappa shape index (κ3) is 6.29. The summed E-state index contributed by atoms with van der Waals surface area (Å²) < 4.78 is 20.2. The molecule has 0 amide bonds. The first-order valence-electron chi connectivity index (χ1n) is 5.36. The number of esters is 1. The molecule has 0 radical (unpaired) electrons. The monoisotopic (exact) mass is 266 g/mol. The van der Waals surface area contributed by atoms with Crippen molar-refractivity contribution in [3.63, 3.8) is 0 Å².